The zero-order chi connectivity index (χ0) is 26.6. The lowest BCUT2D eigenvalue weighted by atomic mass is 10.1. The van der Waals surface area contributed by atoms with Crippen molar-refractivity contribution in [2.24, 2.45) is 0 Å². The molecule has 2 aliphatic rings. The Kier molecular flexibility index (Phi) is 7.87. The quantitative estimate of drug-likeness (QED) is 0.361. The molecule has 0 radical (unpaired) electrons. The Morgan fingerprint density at radius 1 is 1.19 bits per heavy atom. The molecule has 3 N–H and O–H groups in total. The first kappa shape index (κ1) is 26.5. The lowest BCUT2D eigenvalue weighted by Crippen LogP contribution is -2.62. The van der Waals surface area contributed by atoms with Crippen LogP contribution in [0.25, 0.3) is 0 Å². The Hall–Kier alpha value is -4.07. The van der Waals surface area contributed by atoms with Gasteiger partial charge >= 0.3 is 5.97 Å². The van der Waals surface area contributed by atoms with E-state index in [2.05, 4.69) is 10.6 Å². The molecular formula is C22H24N4O9S. The van der Waals surface area contributed by atoms with Crippen molar-refractivity contribution >= 4 is 45.7 Å². The van der Waals surface area contributed by atoms with Crippen molar-refractivity contribution in [1.29, 1.82) is 0 Å². The van der Waals surface area contributed by atoms with E-state index >= 15 is 0 Å². The molecule has 36 heavy (non-hydrogen) atoms. The maximum atomic E-state index is 13.4. The molecular weight excluding hydrogens is 496 g/mol. The minimum absolute atomic E-state index is 0.0105. The van der Waals surface area contributed by atoms with Gasteiger partial charge in [0.05, 0.1) is 17.4 Å². The molecule has 4 amide bonds. The smallest absolute Gasteiger partial charge is 0.305 e. The minimum atomic E-state index is -3.47. The Balaban J connectivity index is 1.81. The Bertz CT molecular complexity index is 1230. The molecule has 1 aromatic carbocycles. The Morgan fingerprint density at radius 3 is 2.44 bits per heavy atom. The van der Waals surface area contributed by atoms with Crippen LogP contribution in [0.2, 0.25) is 0 Å². The van der Waals surface area contributed by atoms with E-state index in [1.54, 1.807) is 0 Å². The van der Waals surface area contributed by atoms with Crippen LogP contribution in [0.15, 0.2) is 41.4 Å². The van der Waals surface area contributed by atoms with Gasteiger partial charge in [-0.05, 0) is 37.1 Å². The van der Waals surface area contributed by atoms with E-state index in [0.29, 0.717) is 0 Å². The van der Waals surface area contributed by atoms with Gasteiger partial charge in [0, 0.05) is 24.4 Å². The molecule has 0 aliphatic carbocycles. The van der Waals surface area contributed by atoms with E-state index in [4.69, 9.17) is 5.11 Å². The molecule has 1 aromatic rings. The lowest BCUT2D eigenvalue weighted by Gasteiger charge is -2.39. The van der Waals surface area contributed by atoms with E-state index in [1.165, 1.54) is 36.5 Å². The van der Waals surface area contributed by atoms with Gasteiger partial charge in [0.1, 0.15) is 18.4 Å². The molecule has 14 heteroatoms. The molecule has 0 bridgehead atoms. The number of benzene rings is 1. The van der Waals surface area contributed by atoms with E-state index in [1.807, 2.05) is 0 Å². The zero-order valence-corrected chi connectivity index (χ0v) is 19.9. The summed E-state index contributed by atoms with van der Waals surface area (Å²) in [6.07, 6.45) is 3.22. The molecule has 192 valence electrons. The fourth-order valence-electron chi connectivity index (χ4n) is 3.79. The van der Waals surface area contributed by atoms with Gasteiger partial charge in [-0.15, -0.1) is 0 Å². The molecule has 3 atom stereocenters. The third kappa shape index (κ3) is 5.94. The zero-order valence-electron chi connectivity index (χ0n) is 19.1. The number of nitrogens with zero attached hydrogens (tertiary/aromatic N) is 2. The fraction of sp³-hybridized carbons (Fsp3) is 0.364. The number of sulfone groups is 1. The number of hydrogen-bond donors (Lipinski definition) is 3. The van der Waals surface area contributed by atoms with E-state index in [9.17, 15) is 37.2 Å². The number of fused-ring (bicyclic) bond motifs is 1. The number of aliphatic carboxylic acids is 1. The number of nitrogens with one attached hydrogen (secondary N) is 2. The van der Waals surface area contributed by atoms with Crippen LogP contribution in [-0.4, -0.2) is 83.8 Å². The average Bonchev–Trinajstić information content (AvgIpc) is 2.94. The van der Waals surface area contributed by atoms with Gasteiger partial charge in [-0.2, -0.15) is 0 Å². The third-order valence-corrected chi connectivity index (χ3v) is 6.73. The number of hydrogen-bond acceptors (Lipinski definition) is 8. The van der Waals surface area contributed by atoms with Crippen LogP contribution in [0.5, 0.6) is 0 Å². The maximum Gasteiger partial charge on any atom is 0.305 e. The summed E-state index contributed by atoms with van der Waals surface area (Å²) in [6, 6.07) is 1.27. The molecule has 0 aromatic heterocycles. The third-order valence-electron chi connectivity index (χ3n) is 5.60. The number of carboxylic acids is 1. The van der Waals surface area contributed by atoms with Gasteiger partial charge in [0.25, 0.3) is 11.8 Å². The van der Waals surface area contributed by atoms with Crippen LogP contribution in [0, 0.1) is 0 Å². The van der Waals surface area contributed by atoms with E-state index in [-0.39, 0.29) is 36.0 Å². The Morgan fingerprint density at radius 2 is 1.86 bits per heavy atom. The normalized spacial score (nSPS) is 20.7. The fourth-order valence-corrected chi connectivity index (χ4v) is 4.42. The number of carbonyl (C=O) groups excluding carboxylic acids is 5. The summed E-state index contributed by atoms with van der Waals surface area (Å²) in [5.74, 6) is -4.11. The highest BCUT2D eigenvalue weighted by molar-refractivity contribution is 7.90. The predicted octanol–water partition coefficient (Wildman–Crippen LogP) is -1.00. The van der Waals surface area contributed by atoms with Crippen LogP contribution in [0.3, 0.4) is 0 Å². The van der Waals surface area contributed by atoms with Crippen molar-refractivity contribution < 1.29 is 42.3 Å². The van der Waals surface area contributed by atoms with Gasteiger partial charge in [-0.1, -0.05) is 6.08 Å². The molecule has 2 heterocycles. The summed E-state index contributed by atoms with van der Waals surface area (Å²) in [7, 11) is -3.47. The number of aldehydes is 1. The average molecular weight is 521 g/mol. The van der Waals surface area contributed by atoms with Gasteiger partial charge in [-0.3, -0.25) is 24.0 Å². The first-order valence-electron chi connectivity index (χ1n) is 10.8. The summed E-state index contributed by atoms with van der Waals surface area (Å²) in [5.41, 5.74) is 0.0814. The molecule has 1 fully saturated rings. The second-order valence-electron chi connectivity index (χ2n) is 8.27. The van der Waals surface area contributed by atoms with Crippen molar-refractivity contribution in [1.82, 2.24) is 20.7 Å². The highest BCUT2D eigenvalue weighted by Gasteiger charge is 2.43. The first-order chi connectivity index (χ1) is 16.9. The number of amides is 4. The summed E-state index contributed by atoms with van der Waals surface area (Å²) in [6.45, 7) is 0. The van der Waals surface area contributed by atoms with Crippen molar-refractivity contribution in [3.8, 4) is 0 Å². The molecule has 13 nitrogen and oxygen atoms in total. The van der Waals surface area contributed by atoms with Gasteiger partial charge < -0.3 is 20.5 Å². The SMILES string of the molecule is CS(=O)(=O)c1ccc(C(=O)N[C@H]2CCC(=O)N3C=CC[C@@H](C(=O)N[C@H](C=O)CC(=O)O)N3C2=O)cc1. The molecule has 1 saturated heterocycles. The summed E-state index contributed by atoms with van der Waals surface area (Å²) >= 11 is 0. The number of rotatable bonds is 8. The first-order valence-corrected chi connectivity index (χ1v) is 12.7. The number of carbonyl (C=O) groups is 6. The summed E-state index contributed by atoms with van der Waals surface area (Å²) in [4.78, 5) is 73.8. The lowest BCUT2D eigenvalue weighted by molar-refractivity contribution is -0.166. The second kappa shape index (κ2) is 10.7. The monoisotopic (exact) mass is 520 g/mol. The van der Waals surface area contributed by atoms with Crippen molar-refractivity contribution in [2.75, 3.05) is 6.26 Å². The van der Waals surface area contributed by atoms with Gasteiger partial charge in [0.15, 0.2) is 9.84 Å². The molecule has 0 unspecified atom stereocenters. The topological polar surface area (TPSA) is 187 Å². The number of hydrazine groups is 1. The van der Waals surface area contributed by atoms with Crippen molar-refractivity contribution in [3.05, 3.63) is 42.1 Å². The van der Waals surface area contributed by atoms with Crippen LogP contribution in [0.1, 0.15) is 36.0 Å². The van der Waals surface area contributed by atoms with Crippen LogP contribution in [0.4, 0.5) is 0 Å². The summed E-state index contributed by atoms with van der Waals surface area (Å²) in [5, 5.41) is 15.6. The largest absolute Gasteiger partial charge is 0.481 e. The molecule has 0 saturated carbocycles. The van der Waals surface area contributed by atoms with Crippen LogP contribution in [-0.2, 0) is 33.8 Å². The van der Waals surface area contributed by atoms with Crippen LogP contribution >= 0.6 is 0 Å². The van der Waals surface area contributed by atoms with E-state index in [0.717, 1.165) is 16.3 Å². The molecule has 2 aliphatic heterocycles. The molecule has 0 spiro atoms. The Labute approximate surface area is 206 Å². The standard InChI is InChI=1S/C22H24N4O9S/c1-36(34,35)15-6-4-13(5-7-15)20(31)24-16-8-9-18(28)25-10-2-3-17(26(25)22(16)33)21(32)23-14(12-27)11-19(29)30/h2,4-7,10,12,14,16-17H,3,8-9,11H2,1H3,(H,23,32)(H,24,31)(H,29,30)/t14-,16-,17-/m0/s1. The summed E-state index contributed by atoms with van der Waals surface area (Å²) < 4.78 is 23.3. The van der Waals surface area contributed by atoms with Gasteiger partial charge in [-0.25, -0.2) is 18.4 Å². The highest BCUT2D eigenvalue weighted by atomic mass is 32.2. The van der Waals surface area contributed by atoms with Crippen molar-refractivity contribution in [3.63, 3.8) is 0 Å². The van der Waals surface area contributed by atoms with Crippen molar-refractivity contribution in [2.45, 2.75) is 48.7 Å². The highest BCUT2D eigenvalue weighted by Crippen LogP contribution is 2.24. The van der Waals surface area contributed by atoms with E-state index < -0.39 is 64.0 Å². The molecule has 3 rings (SSSR count). The second-order valence-corrected chi connectivity index (χ2v) is 10.3. The van der Waals surface area contributed by atoms with Gasteiger partial charge in [0.2, 0.25) is 11.8 Å². The minimum Gasteiger partial charge on any atom is -0.481 e. The maximum absolute atomic E-state index is 13.4. The van der Waals surface area contributed by atoms with Crippen LogP contribution < -0.4 is 10.6 Å². The number of carboxylic acid groups (broad SMARTS) is 1. The predicted molar refractivity (Wildman–Crippen MR) is 122 cm³/mol.